The molecule has 1 unspecified atom stereocenters. The molecule has 0 N–H and O–H groups in total. The number of rotatable bonds is 8. The highest BCUT2D eigenvalue weighted by Crippen LogP contribution is 2.27. The zero-order chi connectivity index (χ0) is 15.0. The molecule has 1 aromatic carbocycles. The maximum absolute atomic E-state index is 11.9. The lowest BCUT2D eigenvalue weighted by molar-refractivity contribution is -0.139. The molecular formula is C16H22ClNO2. The van der Waals surface area contributed by atoms with Crippen molar-refractivity contribution in [2.75, 3.05) is 26.2 Å². The van der Waals surface area contributed by atoms with Gasteiger partial charge in [-0.3, -0.25) is 0 Å². The predicted octanol–water partition coefficient (Wildman–Crippen LogP) is 3.41. The molecule has 4 heteroatoms. The molecule has 110 valence electrons. The first kappa shape index (κ1) is 16.7. The van der Waals surface area contributed by atoms with Gasteiger partial charge in [0.2, 0.25) is 0 Å². The minimum atomic E-state index is -0.544. The first-order valence-electron chi connectivity index (χ1n) is 6.87. The van der Waals surface area contributed by atoms with E-state index in [1.807, 2.05) is 30.3 Å². The van der Waals surface area contributed by atoms with E-state index in [9.17, 15) is 4.79 Å². The second-order valence-corrected chi connectivity index (χ2v) is 4.90. The van der Waals surface area contributed by atoms with Gasteiger partial charge in [0.15, 0.2) is 0 Å². The highest BCUT2D eigenvalue weighted by Gasteiger charge is 2.19. The molecule has 0 aliphatic rings. The van der Waals surface area contributed by atoms with Crippen molar-refractivity contribution in [3.8, 4) is 0 Å². The number of nitrogens with zero attached hydrogens (tertiary/aromatic N) is 1. The van der Waals surface area contributed by atoms with Crippen LogP contribution in [0.3, 0.4) is 0 Å². The lowest BCUT2D eigenvalue weighted by Gasteiger charge is -2.18. The highest BCUT2D eigenvalue weighted by atomic mass is 35.5. The fraction of sp³-hybridized carbons (Fsp3) is 0.438. The number of carbonyl (C=O) groups is 1. The van der Waals surface area contributed by atoms with E-state index in [4.69, 9.17) is 16.3 Å². The number of alkyl halides is 1. The third kappa shape index (κ3) is 4.99. The van der Waals surface area contributed by atoms with E-state index in [1.54, 1.807) is 0 Å². The van der Waals surface area contributed by atoms with E-state index >= 15 is 0 Å². The maximum atomic E-state index is 11.9. The molecule has 0 spiro atoms. The molecule has 1 rings (SSSR count). The third-order valence-corrected chi connectivity index (χ3v) is 3.71. The van der Waals surface area contributed by atoms with Gasteiger partial charge in [-0.15, -0.1) is 11.6 Å². The summed E-state index contributed by atoms with van der Waals surface area (Å²) in [6.45, 7) is 10.9. The first-order valence-corrected chi connectivity index (χ1v) is 7.31. The Hall–Kier alpha value is -1.32. The molecule has 0 aromatic heterocycles. The standard InChI is InChI=1S/C16H22ClNO2/c1-4-18(5-2)11-12-20-16(19)13(3)15(17)14-9-7-6-8-10-14/h6-10,15H,3-5,11-12H2,1-2H3. The largest absolute Gasteiger partial charge is 0.461 e. The molecule has 0 saturated carbocycles. The van der Waals surface area contributed by atoms with Gasteiger partial charge in [0.05, 0.1) is 11.0 Å². The predicted molar refractivity (Wildman–Crippen MR) is 82.9 cm³/mol. The maximum Gasteiger partial charge on any atom is 0.335 e. The minimum Gasteiger partial charge on any atom is -0.461 e. The van der Waals surface area contributed by atoms with Crippen LogP contribution in [-0.2, 0) is 9.53 Å². The van der Waals surface area contributed by atoms with Gasteiger partial charge in [-0.1, -0.05) is 50.8 Å². The molecule has 0 aliphatic heterocycles. The van der Waals surface area contributed by atoms with Crippen LogP contribution < -0.4 is 0 Å². The zero-order valence-electron chi connectivity index (χ0n) is 12.1. The van der Waals surface area contributed by atoms with Gasteiger partial charge in [-0.25, -0.2) is 4.79 Å². The van der Waals surface area contributed by atoms with Crippen LogP contribution >= 0.6 is 11.6 Å². The lowest BCUT2D eigenvalue weighted by Crippen LogP contribution is -2.28. The normalized spacial score (nSPS) is 12.2. The average Bonchev–Trinajstić information content (AvgIpc) is 2.50. The second kappa shape index (κ2) is 8.77. The number of benzene rings is 1. The second-order valence-electron chi connectivity index (χ2n) is 4.46. The monoisotopic (exact) mass is 295 g/mol. The molecular weight excluding hydrogens is 274 g/mol. The van der Waals surface area contributed by atoms with Gasteiger partial charge >= 0.3 is 5.97 Å². The summed E-state index contributed by atoms with van der Waals surface area (Å²) in [6, 6.07) is 9.39. The van der Waals surface area contributed by atoms with E-state index in [0.717, 1.165) is 25.2 Å². The molecule has 20 heavy (non-hydrogen) atoms. The molecule has 0 amide bonds. The third-order valence-electron chi connectivity index (χ3n) is 3.20. The molecule has 0 saturated heterocycles. The molecule has 0 radical (unpaired) electrons. The van der Waals surface area contributed by atoms with E-state index in [0.29, 0.717) is 6.61 Å². The van der Waals surface area contributed by atoms with Crippen molar-refractivity contribution in [2.45, 2.75) is 19.2 Å². The van der Waals surface area contributed by atoms with Gasteiger partial charge in [-0.2, -0.15) is 0 Å². The number of ether oxygens (including phenoxy) is 1. The Morgan fingerprint density at radius 1 is 1.30 bits per heavy atom. The molecule has 0 heterocycles. The summed E-state index contributed by atoms with van der Waals surface area (Å²) in [5, 5.41) is -0.544. The van der Waals surface area contributed by atoms with Crippen LogP contribution in [-0.4, -0.2) is 37.1 Å². The molecule has 0 fully saturated rings. The highest BCUT2D eigenvalue weighted by molar-refractivity contribution is 6.25. The summed E-state index contributed by atoms with van der Waals surface area (Å²) in [4.78, 5) is 14.1. The van der Waals surface area contributed by atoms with Crippen molar-refractivity contribution >= 4 is 17.6 Å². The quantitative estimate of drug-likeness (QED) is 0.418. The van der Waals surface area contributed by atoms with Crippen molar-refractivity contribution in [3.05, 3.63) is 48.0 Å². The number of carbonyl (C=O) groups excluding carboxylic acids is 1. The Kier molecular flexibility index (Phi) is 7.34. The first-order chi connectivity index (χ1) is 9.60. The van der Waals surface area contributed by atoms with Crippen LogP contribution in [0.1, 0.15) is 24.8 Å². The average molecular weight is 296 g/mol. The summed E-state index contributed by atoms with van der Waals surface area (Å²) >= 11 is 6.24. The van der Waals surface area contributed by atoms with Gasteiger partial charge in [-0.05, 0) is 18.7 Å². The van der Waals surface area contributed by atoms with Gasteiger partial charge < -0.3 is 9.64 Å². The Morgan fingerprint density at radius 3 is 2.45 bits per heavy atom. The van der Waals surface area contributed by atoms with E-state index in [1.165, 1.54) is 0 Å². The summed E-state index contributed by atoms with van der Waals surface area (Å²) in [7, 11) is 0. The van der Waals surface area contributed by atoms with Crippen molar-refractivity contribution in [1.82, 2.24) is 4.90 Å². The zero-order valence-corrected chi connectivity index (χ0v) is 12.9. The molecule has 1 aromatic rings. The van der Waals surface area contributed by atoms with Crippen molar-refractivity contribution in [3.63, 3.8) is 0 Å². The van der Waals surface area contributed by atoms with Gasteiger partial charge in [0, 0.05) is 6.54 Å². The summed E-state index contributed by atoms with van der Waals surface area (Å²) < 4.78 is 5.22. The number of likely N-dealkylation sites (N-methyl/N-ethyl adjacent to an activating group) is 1. The Bertz CT molecular complexity index is 429. The van der Waals surface area contributed by atoms with E-state index < -0.39 is 11.3 Å². The van der Waals surface area contributed by atoms with Crippen LogP contribution in [0, 0.1) is 0 Å². The van der Waals surface area contributed by atoms with Crippen LogP contribution in [0.15, 0.2) is 42.5 Å². The molecule has 0 aliphatic carbocycles. The molecule has 0 bridgehead atoms. The topological polar surface area (TPSA) is 29.5 Å². The number of hydrogen-bond donors (Lipinski definition) is 0. The Morgan fingerprint density at radius 2 is 1.90 bits per heavy atom. The summed E-state index contributed by atoms with van der Waals surface area (Å²) in [5.41, 5.74) is 1.12. The SMILES string of the molecule is C=C(C(=O)OCCN(CC)CC)C(Cl)c1ccccc1. The molecule has 3 nitrogen and oxygen atoms in total. The van der Waals surface area contributed by atoms with Crippen LogP contribution in [0.2, 0.25) is 0 Å². The smallest absolute Gasteiger partial charge is 0.335 e. The number of esters is 1. The van der Waals surface area contributed by atoms with Gasteiger partial charge in [0.25, 0.3) is 0 Å². The number of hydrogen-bond acceptors (Lipinski definition) is 3. The van der Waals surface area contributed by atoms with Crippen molar-refractivity contribution in [1.29, 1.82) is 0 Å². The van der Waals surface area contributed by atoms with Gasteiger partial charge in [0.1, 0.15) is 6.61 Å². The van der Waals surface area contributed by atoms with Crippen LogP contribution in [0.5, 0.6) is 0 Å². The Balaban J connectivity index is 2.45. The lowest BCUT2D eigenvalue weighted by atomic mass is 10.1. The van der Waals surface area contributed by atoms with Crippen LogP contribution in [0.25, 0.3) is 0 Å². The summed E-state index contributed by atoms with van der Waals surface area (Å²) in [5.74, 6) is -0.430. The van der Waals surface area contributed by atoms with Crippen molar-refractivity contribution < 1.29 is 9.53 Å². The van der Waals surface area contributed by atoms with Crippen LogP contribution in [0.4, 0.5) is 0 Å². The number of halogens is 1. The van der Waals surface area contributed by atoms with E-state index in [-0.39, 0.29) is 5.57 Å². The Labute approximate surface area is 126 Å². The summed E-state index contributed by atoms with van der Waals surface area (Å²) in [6.07, 6.45) is 0. The molecule has 1 atom stereocenters. The fourth-order valence-corrected chi connectivity index (χ4v) is 2.06. The van der Waals surface area contributed by atoms with E-state index in [2.05, 4.69) is 25.3 Å². The fourth-order valence-electron chi connectivity index (χ4n) is 1.83. The minimum absolute atomic E-state index is 0.275. The van der Waals surface area contributed by atoms with Crippen molar-refractivity contribution in [2.24, 2.45) is 0 Å².